The minimum Gasteiger partial charge on any atom is -0.327 e. The molecule has 21 heavy (non-hydrogen) atoms. The Hall–Kier alpha value is -1.92. The van der Waals surface area contributed by atoms with Crippen LogP contribution in [0.2, 0.25) is 5.02 Å². The van der Waals surface area contributed by atoms with E-state index in [-0.39, 0.29) is 11.7 Å². The molecule has 0 saturated carbocycles. The third-order valence-corrected chi connectivity index (χ3v) is 3.64. The van der Waals surface area contributed by atoms with Gasteiger partial charge in [0.15, 0.2) is 0 Å². The molecule has 0 fully saturated rings. The molecule has 1 aromatic heterocycles. The molecule has 0 aliphatic heterocycles. The van der Waals surface area contributed by atoms with E-state index in [1.165, 1.54) is 12.1 Å². The molecule has 112 valence electrons. The molecule has 1 aromatic carbocycles. The summed E-state index contributed by atoms with van der Waals surface area (Å²) in [4.78, 5) is 10.2. The Balaban J connectivity index is 2.10. The normalized spacial score (nSPS) is 12.3. The maximum absolute atomic E-state index is 10.7. The van der Waals surface area contributed by atoms with Crippen LogP contribution in [0.25, 0.3) is 0 Å². The molecular formula is C14H17ClN4O2. The number of non-ortho nitro benzene ring substituents is 1. The molecule has 2 N–H and O–H groups in total. The molecule has 0 aliphatic carbocycles. The summed E-state index contributed by atoms with van der Waals surface area (Å²) in [6.45, 7) is 2.52. The van der Waals surface area contributed by atoms with Crippen LogP contribution in [0.4, 0.5) is 5.69 Å². The molecule has 6 nitrogen and oxygen atoms in total. The lowest BCUT2D eigenvalue weighted by atomic mass is 10.1. The van der Waals surface area contributed by atoms with Gasteiger partial charge in [-0.15, -0.1) is 0 Å². The van der Waals surface area contributed by atoms with Gasteiger partial charge < -0.3 is 5.73 Å². The molecule has 7 heteroatoms. The Bertz CT molecular complexity index is 642. The molecule has 1 heterocycles. The van der Waals surface area contributed by atoms with Crippen LogP contribution in [0, 0.1) is 10.1 Å². The van der Waals surface area contributed by atoms with Gasteiger partial charge in [-0.1, -0.05) is 18.5 Å². The van der Waals surface area contributed by atoms with Gasteiger partial charge in [-0.2, -0.15) is 5.10 Å². The average Bonchev–Trinajstić information content (AvgIpc) is 2.88. The molecule has 1 unspecified atom stereocenters. The summed E-state index contributed by atoms with van der Waals surface area (Å²) in [6.07, 6.45) is 5.41. The first-order valence-corrected chi connectivity index (χ1v) is 7.07. The predicted molar refractivity (Wildman–Crippen MR) is 81.4 cm³/mol. The second kappa shape index (κ2) is 6.69. The van der Waals surface area contributed by atoms with Gasteiger partial charge in [0.2, 0.25) is 0 Å². The lowest BCUT2D eigenvalue weighted by Crippen LogP contribution is -2.21. The third-order valence-electron chi connectivity index (χ3n) is 3.29. The number of benzene rings is 1. The first kappa shape index (κ1) is 15.5. The van der Waals surface area contributed by atoms with Crippen LogP contribution >= 0.6 is 11.6 Å². The van der Waals surface area contributed by atoms with Crippen molar-refractivity contribution >= 4 is 17.3 Å². The smallest absolute Gasteiger partial charge is 0.270 e. The summed E-state index contributed by atoms with van der Waals surface area (Å²) >= 11 is 6.07. The Morgan fingerprint density at radius 1 is 1.52 bits per heavy atom. The Morgan fingerprint density at radius 3 is 2.90 bits per heavy atom. The number of halogens is 1. The van der Waals surface area contributed by atoms with Crippen molar-refractivity contribution < 1.29 is 4.92 Å². The highest BCUT2D eigenvalue weighted by Gasteiger charge is 2.10. The van der Waals surface area contributed by atoms with Gasteiger partial charge in [-0.05, 0) is 30.0 Å². The number of nitrogens with two attached hydrogens (primary N) is 1. The predicted octanol–water partition coefficient (Wildman–Crippen LogP) is 2.77. The van der Waals surface area contributed by atoms with Crippen molar-refractivity contribution in [3.05, 3.63) is 56.9 Å². The quantitative estimate of drug-likeness (QED) is 0.656. The fraction of sp³-hybridized carbons (Fsp3) is 0.357. The number of hydrogen-bond acceptors (Lipinski definition) is 4. The van der Waals surface area contributed by atoms with E-state index in [1.54, 1.807) is 16.9 Å². The minimum atomic E-state index is -0.464. The molecule has 0 spiro atoms. The van der Waals surface area contributed by atoms with Crippen LogP contribution < -0.4 is 5.73 Å². The highest BCUT2D eigenvalue weighted by atomic mass is 35.5. The monoisotopic (exact) mass is 308 g/mol. The fourth-order valence-corrected chi connectivity index (χ4v) is 2.23. The van der Waals surface area contributed by atoms with Gasteiger partial charge in [0.25, 0.3) is 5.69 Å². The number of hydrogen-bond donors (Lipinski definition) is 1. The topological polar surface area (TPSA) is 87.0 Å². The maximum atomic E-state index is 10.7. The SMILES string of the molecule is CCC(N)Cc1cnn(Cc2ccc([N+](=O)[O-])cc2Cl)c1. The highest BCUT2D eigenvalue weighted by Crippen LogP contribution is 2.23. The summed E-state index contributed by atoms with van der Waals surface area (Å²) in [5.74, 6) is 0. The summed E-state index contributed by atoms with van der Waals surface area (Å²) in [6, 6.07) is 4.58. The van der Waals surface area contributed by atoms with Crippen molar-refractivity contribution in [2.24, 2.45) is 5.73 Å². The Labute approximate surface area is 127 Å². The Morgan fingerprint density at radius 2 is 2.29 bits per heavy atom. The standard InChI is InChI=1S/C14H17ClN4O2/c1-2-12(16)5-10-7-17-18(8-10)9-11-3-4-13(19(20)21)6-14(11)15/h3-4,6-8,12H,2,5,9,16H2,1H3. The maximum Gasteiger partial charge on any atom is 0.270 e. The first-order chi connectivity index (χ1) is 9.99. The van der Waals surface area contributed by atoms with Crippen molar-refractivity contribution in [2.45, 2.75) is 32.4 Å². The second-order valence-corrected chi connectivity index (χ2v) is 5.36. The van der Waals surface area contributed by atoms with Gasteiger partial charge in [-0.25, -0.2) is 0 Å². The fourth-order valence-electron chi connectivity index (χ4n) is 2.00. The average molecular weight is 309 g/mol. The van der Waals surface area contributed by atoms with Crippen molar-refractivity contribution in [2.75, 3.05) is 0 Å². The largest absolute Gasteiger partial charge is 0.327 e. The lowest BCUT2D eigenvalue weighted by Gasteiger charge is -2.06. The number of nitro groups is 1. The van der Waals surface area contributed by atoms with E-state index in [0.29, 0.717) is 11.6 Å². The van der Waals surface area contributed by atoms with Crippen LogP contribution in [-0.4, -0.2) is 20.7 Å². The molecule has 0 bridgehead atoms. The summed E-state index contributed by atoms with van der Waals surface area (Å²) in [7, 11) is 0. The van der Waals surface area contributed by atoms with E-state index >= 15 is 0 Å². The molecule has 0 saturated heterocycles. The third kappa shape index (κ3) is 4.03. The molecule has 0 aliphatic rings. The number of aromatic nitrogens is 2. The second-order valence-electron chi connectivity index (χ2n) is 4.95. The van der Waals surface area contributed by atoms with Gasteiger partial charge in [-0.3, -0.25) is 14.8 Å². The van der Waals surface area contributed by atoms with Gasteiger partial charge in [0.05, 0.1) is 22.7 Å². The van der Waals surface area contributed by atoms with Gasteiger partial charge in [0, 0.05) is 24.4 Å². The molecule has 0 radical (unpaired) electrons. The van der Waals surface area contributed by atoms with E-state index < -0.39 is 4.92 Å². The van der Waals surface area contributed by atoms with Crippen LogP contribution in [0.1, 0.15) is 24.5 Å². The van der Waals surface area contributed by atoms with Crippen LogP contribution in [0.15, 0.2) is 30.6 Å². The highest BCUT2D eigenvalue weighted by molar-refractivity contribution is 6.31. The molecule has 1 atom stereocenters. The van der Waals surface area contributed by atoms with Gasteiger partial charge >= 0.3 is 0 Å². The van der Waals surface area contributed by atoms with Gasteiger partial charge in [0.1, 0.15) is 0 Å². The summed E-state index contributed by atoms with van der Waals surface area (Å²) in [5.41, 5.74) is 7.76. The Kier molecular flexibility index (Phi) is 4.93. The summed E-state index contributed by atoms with van der Waals surface area (Å²) in [5, 5.41) is 15.3. The van der Waals surface area contributed by atoms with E-state index in [0.717, 1.165) is 24.0 Å². The van der Waals surface area contributed by atoms with E-state index in [1.807, 2.05) is 13.1 Å². The van der Waals surface area contributed by atoms with E-state index in [2.05, 4.69) is 5.10 Å². The van der Waals surface area contributed by atoms with E-state index in [4.69, 9.17) is 17.3 Å². The van der Waals surface area contributed by atoms with E-state index in [9.17, 15) is 10.1 Å². The first-order valence-electron chi connectivity index (χ1n) is 6.69. The number of nitrogens with zero attached hydrogens (tertiary/aromatic N) is 3. The molecule has 2 aromatic rings. The number of nitro benzene ring substituents is 1. The molecule has 2 rings (SSSR count). The van der Waals surface area contributed by atoms with Crippen molar-refractivity contribution in [1.29, 1.82) is 0 Å². The molecular weight excluding hydrogens is 292 g/mol. The van der Waals surface area contributed by atoms with Crippen molar-refractivity contribution in [3.8, 4) is 0 Å². The van der Waals surface area contributed by atoms with Crippen molar-refractivity contribution in [3.63, 3.8) is 0 Å². The molecule has 0 amide bonds. The summed E-state index contributed by atoms with van der Waals surface area (Å²) < 4.78 is 1.75. The zero-order valence-corrected chi connectivity index (χ0v) is 12.5. The zero-order chi connectivity index (χ0) is 15.4. The van der Waals surface area contributed by atoms with Crippen LogP contribution in [0.5, 0.6) is 0 Å². The minimum absolute atomic E-state index is 0.0150. The zero-order valence-electron chi connectivity index (χ0n) is 11.7. The van der Waals surface area contributed by atoms with Crippen LogP contribution in [-0.2, 0) is 13.0 Å². The van der Waals surface area contributed by atoms with Crippen LogP contribution in [0.3, 0.4) is 0 Å². The number of rotatable bonds is 6. The lowest BCUT2D eigenvalue weighted by molar-refractivity contribution is -0.384. The van der Waals surface area contributed by atoms with Crippen molar-refractivity contribution in [1.82, 2.24) is 9.78 Å².